The number of fused-ring (bicyclic) bond motifs is 2. The number of hydrogen-bond donors (Lipinski definition) is 0. The molecule has 0 unspecified atom stereocenters. The Morgan fingerprint density at radius 2 is 1.53 bits per heavy atom. The molecular formula is C36H30F3N3O2S. The molecule has 228 valence electrons. The maximum absolute atomic E-state index is 13.8. The third-order valence-electron chi connectivity index (χ3n) is 8.73. The molecule has 3 aromatic carbocycles. The second-order valence-corrected chi connectivity index (χ2v) is 12.9. The summed E-state index contributed by atoms with van der Waals surface area (Å²) in [6.45, 7) is 1.28. The van der Waals surface area contributed by atoms with Gasteiger partial charge in [-0.15, -0.1) is 11.3 Å². The number of piperidine rings is 1. The van der Waals surface area contributed by atoms with Gasteiger partial charge in [0.25, 0.3) is 11.8 Å². The number of benzene rings is 3. The van der Waals surface area contributed by atoms with Crippen molar-refractivity contribution in [2.75, 3.05) is 13.1 Å². The first kappa shape index (κ1) is 29.2. The van der Waals surface area contributed by atoms with Crippen LogP contribution in [0.4, 0.5) is 13.2 Å². The number of thiophene rings is 1. The van der Waals surface area contributed by atoms with Crippen molar-refractivity contribution >= 4 is 33.2 Å². The zero-order chi connectivity index (χ0) is 31.1. The van der Waals surface area contributed by atoms with Gasteiger partial charge in [0.05, 0.1) is 0 Å². The maximum atomic E-state index is 13.8. The highest BCUT2D eigenvalue weighted by atomic mass is 32.1. The Balaban J connectivity index is 1.14. The Kier molecular flexibility index (Phi) is 7.65. The van der Waals surface area contributed by atoms with Gasteiger partial charge in [0, 0.05) is 78.5 Å². The van der Waals surface area contributed by atoms with E-state index in [1.807, 2.05) is 29.3 Å². The summed E-state index contributed by atoms with van der Waals surface area (Å²) in [7, 11) is 0. The van der Waals surface area contributed by atoms with Gasteiger partial charge in [-0.05, 0) is 88.2 Å². The number of aromatic nitrogens is 1. The SMILES string of the molecule is O=C(CCc1cc2cc(-c3ccc(C(=O)N4CCC(F)(F)CC4)cc3)cc(-c3ccc(F)cc3)c2s1)N1Cc2ccncc2C1. The number of rotatable bonds is 6. The van der Waals surface area contributed by atoms with Crippen LogP contribution in [0.15, 0.2) is 85.2 Å². The number of carbonyl (C=O) groups excluding carboxylic acids is 2. The summed E-state index contributed by atoms with van der Waals surface area (Å²) in [4.78, 5) is 34.7. The lowest BCUT2D eigenvalue weighted by Crippen LogP contribution is -2.42. The summed E-state index contributed by atoms with van der Waals surface area (Å²) in [6.07, 6.45) is 3.96. The Bertz CT molecular complexity index is 1870. The average molecular weight is 626 g/mol. The van der Waals surface area contributed by atoms with Crippen molar-refractivity contribution in [1.29, 1.82) is 0 Å². The normalized spacial score (nSPS) is 15.8. The van der Waals surface area contributed by atoms with Gasteiger partial charge in [-0.25, -0.2) is 13.2 Å². The summed E-state index contributed by atoms with van der Waals surface area (Å²) in [6, 6.07) is 21.9. The van der Waals surface area contributed by atoms with Gasteiger partial charge in [-0.2, -0.15) is 0 Å². The summed E-state index contributed by atoms with van der Waals surface area (Å²) in [5.41, 5.74) is 6.37. The summed E-state index contributed by atoms with van der Waals surface area (Å²) in [5, 5.41) is 1.02. The second-order valence-electron chi connectivity index (χ2n) is 11.8. The van der Waals surface area contributed by atoms with E-state index in [9.17, 15) is 22.8 Å². The van der Waals surface area contributed by atoms with Gasteiger partial charge in [0.1, 0.15) is 5.82 Å². The number of alkyl halides is 2. The molecule has 9 heteroatoms. The van der Waals surface area contributed by atoms with Gasteiger partial charge < -0.3 is 9.80 Å². The van der Waals surface area contributed by atoms with E-state index in [0.717, 1.165) is 48.3 Å². The number of hydrogen-bond acceptors (Lipinski definition) is 4. The Labute approximate surface area is 262 Å². The first-order valence-electron chi connectivity index (χ1n) is 15.0. The van der Waals surface area contributed by atoms with Crippen molar-refractivity contribution in [3.63, 3.8) is 0 Å². The predicted molar refractivity (Wildman–Crippen MR) is 170 cm³/mol. The molecule has 2 aliphatic heterocycles. The number of amides is 2. The molecule has 0 radical (unpaired) electrons. The lowest BCUT2D eigenvalue weighted by molar-refractivity contribution is -0.131. The minimum atomic E-state index is -2.71. The fourth-order valence-corrected chi connectivity index (χ4v) is 7.32. The van der Waals surface area contributed by atoms with E-state index in [2.05, 4.69) is 23.2 Å². The van der Waals surface area contributed by atoms with Crippen molar-refractivity contribution in [1.82, 2.24) is 14.8 Å². The smallest absolute Gasteiger partial charge is 0.253 e. The van der Waals surface area contributed by atoms with E-state index in [1.165, 1.54) is 17.0 Å². The lowest BCUT2D eigenvalue weighted by atomic mass is 9.96. The molecule has 7 rings (SSSR count). The minimum Gasteiger partial charge on any atom is -0.338 e. The van der Waals surface area contributed by atoms with E-state index >= 15 is 0 Å². The topological polar surface area (TPSA) is 53.5 Å². The molecule has 0 spiro atoms. The molecule has 5 nitrogen and oxygen atoms in total. The highest BCUT2D eigenvalue weighted by Gasteiger charge is 2.35. The lowest BCUT2D eigenvalue weighted by Gasteiger charge is -2.31. The van der Waals surface area contributed by atoms with Gasteiger partial charge in [0.15, 0.2) is 0 Å². The van der Waals surface area contributed by atoms with Gasteiger partial charge in [0.2, 0.25) is 5.91 Å². The van der Waals surface area contributed by atoms with Crippen LogP contribution >= 0.6 is 11.3 Å². The third-order valence-corrected chi connectivity index (χ3v) is 9.98. The standard InChI is InChI=1S/C36H30F3N3O2S/c37-30-7-5-24(6-8-30)32-19-27(23-1-3-25(4-2-23)35(44)41-15-12-36(38,39)13-16-41)17-28-18-31(45-34(28)32)9-10-33(43)42-21-26-11-14-40-20-29(26)22-42/h1-8,11,14,17-20H,9-10,12-13,15-16,21-22H2. The zero-order valence-electron chi connectivity index (χ0n) is 24.4. The van der Waals surface area contributed by atoms with Gasteiger partial charge in [-0.1, -0.05) is 24.3 Å². The number of halogens is 3. The Morgan fingerprint density at radius 3 is 2.27 bits per heavy atom. The van der Waals surface area contributed by atoms with Crippen LogP contribution in [-0.4, -0.2) is 45.6 Å². The fraction of sp³-hybridized carbons (Fsp3) is 0.250. The van der Waals surface area contributed by atoms with Crippen LogP contribution in [0.1, 0.15) is 45.6 Å². The molecule has 1 saturated heterocycles. The average Bonchev–Trinajstić information content (AvgIpc) is 3.68. The number of nitrogens with zero attached hydrogens (tertiary/aromatic N) is 3. The van der Waals surface area contributed by atoms with E-state index in [0.29, 0.717) is 31.5 Å². The summed E-state index contributed by atoms with van der Waals surface area (Å²) in [5.74, 6) is -3.16. The first-order chi connectivity index (χ1) is 21.7. The van der Waals surface area contributed by atoms with E-state index in [1.54, 1.807) is 41.8 Å². The number of likely N-dealkylation sites (tertiary alicyclic amines) is 1. The van der Waals surface area contributed by atoms with Crippen LogP contribution in [-0.2, 0) is 24.3 Å². The first-order valence-corrected chi connectivity index (χ1v) is 15.8. The molecule has 0 saturated carbocycles. The largest absolute Gasteiger partial charge is 0.338 e. The predicted octanol–water partition coefficient (Wildman–Crippen LogP) is 8.12. The molecular weight excluding hydrogens is 595 g/mol. The highest BCUT2D eigenvalue weighted by molar-refractivity contribution is 7.19. The second kappa shape index (κ2) is 11.8. The van der Waals surface area contributed by atoms with Crippen molar-refractivity contribution in [2.24, 2.45) is 0 Å². The van der Waals surface area contributed by atoms with Crippen LogP contribution in [0.5, 0.6) is 0 Å². The van der Waals surface area contributed by atoms with Crippen LogP contribution in [0.3, 0.4) is 0 Å². The molecule has 2 aromatic heterocycles. The minimum absolute atomic E-state index is 0.0422. The molecule has 0 aliphatic carbocycles. The number of aryl methyl sites for hydroxylation is 1. The molecule has 45 heavy (non-hydrogen) atoms. The number of pyridine rings is 1. The van der Waals surface area contributed by atoms with Crippen molar-refractivity contribution in [3.8, 4) is 22.3 Å². The molecule has 0 N–H and O–H groups in total. The van der Waals surface area contributed by atoms with Crippen molar-refractivity contribution < 1.29 is 22.8 Å². The zero-order valence-corrected chi connectivity index (χ0v) is 25.3. The van der Waals surface area contributed by atoms with Crippen LogP contribution in [0.2, 0.25) is 0 Å². The molecule has 2 aliphatic rings. The van der Waals surface area contributed by atoms with E-state index in [-0.39, 0.29) is 43.6 Å². The monoisotopic (exact) mass is 625 g/mol. The van der Waals surface area contributed by atoms with Crippen LogP contribution < -0.4 is 0 Å². The van der Waals surface area contributed by atoms with Crippen LogP contribution in [0.25, 0.3) is 32.3 Å². The van der Waals surface area contributed by atoms with E-state index in [4.69, 9.17) is 0 Å². The van der Waals surface area contributed by atoms with Crippen LogP contribution in [0, 0.1) is 5.82 Å². The van der Waals surface area contributed by atoms with Gasteiger partial charge >= 0.3 is 0 Å². The van der Waals surface area contributed by atoms with Crippen molar-refractivity contribution in [2.45, 2.75) is 44.7 Å². The molecule has 4 heterocycles. The summed E-state index contributed by atoms with van der Waals surface area (Å²) < 4.78 is 42.1. The third kappa shape index (κ3) is 6.09. The van der Waals surface area contributed by atoms with E-state index < -0.39 is 5.92 Å². The Hall–Kier alpha value is -4.50. The summed E-state index contributed by atoms with van der Waals surface area (Å²) >= 11 is 1.64. The highest BCUT2D eigenvalue weighted by Crippen LogP contribution is 2.40. The van der Waals surface area contributed by atoms with Gasteiger partial charge in [-0.3, -0.25) is 14.6 Å². The Morgan fingerprint density at radius 1 is 0.822 bits per heavy atom. The molecule has 0 bridgehead atoms. The number of carbonyl (C=O) groups is 2. The molecule has 2 amide bonds. The quantitative estimate of drug-likeness (QED) is 0.192. The molecule has 5 aromatic rings. The fourth-order valence-electron chi connectivity index (χ4n) is 6.15. The van der Waals surface area contributed by atoms with Crippen molar-refractivity contribution in [3.05, 3.63) is 113 Å². The molecule has 1 fully saturated rings. The molecule has 0 atom stereocenters. The maximum Gasteiger partial charge on any atom is 0.253 e.